The zero-order chi connectivity index (χ0) is 18.9. The highest BCUT2D eigenvalue weighted by molar-refractivity contribution is 5.79. The van der Waals surface area contributed by atoms with Crippen LogP contribution in [0.15, 0.2) is 0 Å². The molecular formula is C20H36N2O3. The highest BCUT2D eigenvalue weighted by Crippen LogP contribution is 2.55. The predicted octanol–water partition coefficient (Wildman–Crippen LogP) is 2.48. The van der Waals surface area contributed by atoms with Crippen LogP contribution < -0.4 is 10.6 Å². The third-order valence-electron chi connectivity index (χ3n) is 6.76. The molecule has 0 heterocycles. The van der Waals surface area contributed by atoms with Crippen molar-refractivity contribution in [3.8, 4) is 0 Å². The first-order valence-electron chi connectivity index (χ1n) is 9.82. The Balaban J connectivity index is 2.17. The van der Waals surface area contributed by atoms with Crippen molar-refractivity contribution in [2.24, 2.45) is 29.1 Å². The molecule has 0 aliphatic heterocycles. The molecular weight excluding hydrogens is 316 g/mol. The Bertz CT molecular complexity index is 507. The van der Waals surface area contributed by atoms with Crippen LogP contribution >= 0.6 is 0 Å². The average Bonchev–Trinajstić information content (AvgIpc) is 2.49. The van der Waals surface area contributed by atoms with Crippen molar-refractivity contribution in [2.75, 3.05) is 0 Å². The van der Waals surface area contributed by atoms with Crippen molar-refractivity contribution in [3.63, 3.8) is 0 Å². The van der Waals surface area contributed by atoms with E-state index in [1.807, 2.05) is 20.8 Å². The lowest BCUT2D eigenvalue weighted by atomic mass is 9.51. The highest BCUT2D eigenvalue weighted by Gasteiger charge is 2.53. The van der Waals surface area contributed by atoms with Crippen molar-refractivity contribution in [1.82, 2.24) is 10.6 Å². The summed E-state index contributed by atoms with van der Waals surface area (Å²) in [5.41, 5.74) is 0.0958. The van der Waals surface area contributed by atoms with E-state index in [0.717, 1.165) is 25.7 Å². The Morgan fingerprint density at radius 3 is 2.32 bits per heavy atom. The third-order valence-corrected chi connectivity index (χ3v) is 6.76. The zero-order valence-corrected chi connectivity index (χ0v) is 16.6. The fourth-order valence-corrected chi connectivity index (χ4v) is 5.37. The summed E-state index contributed by atoms with van der Waals surface area (Å²) in [5, 5.41) is 17.3. The monoisotopic (exact) mass is 352 g/mol. The molecule has 2 aliphatic rings. The molecule has 0 aromatic carbocycles. The molecule has 2 aliphatic carbocycles. The van der Waals surface area contributed by atoms with Crippen molar-refractivity contribution >= 4 is 11.8 Å². The summed E-state index contributed by atoms with van der Waals surface area (Å²) in [6.07, 6.45) is 3.41. The van der Waals surface area contributed by atoms with Gasteiger partial charge in [0.25, 0.3) is 0 Å². The van der Waals surface area contributed by atoms with Gasteiger partial charge in [-0.1, -0.05) is 20.8 Å². The molecule has 7 atom stereocenters. The molecule has 144 valence electrons. The molecule has 2 saturated carbocycles. The van der Waals surface area contributed by atoms with E-state index >= 15 is 0 Å². The van der Waals surface area contributed by atoms with E-state index < -0.39 is 6.10 Å². The number of rotatable bonds is 4. The Kier molecular flexibility index (Phi) is 6.18. The maximum Gasteiger partial charge on any atom is 0.223 e. The lowest BCUT2D eigenvalue weighted by molar-refractivity contribution is -0.143. The Hall–Kier alpha value is -1.10. The van der Waals surface area contributed by atoms with E-state index in [9.17, 15) is 14.7 Å². The molecule has 0 radical (unpaired) electrons. The van der Waals surface area contributed by atoms with E-state index in [4.69, 9.17) is 0 Å². The SMILES string of the molecule is CC(=O)NC1CCC2(C)CCC(C(C)C(=O)NC(C)C)C(O)C2C1C. The number of amides is 2. The highest BCUT2D eigenvalue weighted by atomic mass is 16.3. The van der Waals surface area contributed by atoms with Gasteiger partial charge in [0.1, 0.15) is 0 Å². The lowest BCUT2D eigenvalue weighted by Gasteiger charge is -2.56. The first-order valence-corrected chi connectivity index (χ1v) is 9.82. The molecule has 0 aromatic rings. The van der Waals surface area contributed by atoms with Gasteiger partial charge >= 0.3 is 0 Å². The standard InChI is InChI=1S/C20H36N2O3/c1-11(2)21-19(25)12(3)15-7-9-20(6)10-8-16(22-14(5)23)13(4)17(20)18(15)24/h11-13,15-18,24H,7-10H2,1-6H3,(H,21,25)(H,22,23). The van der Waals surface area contributed by atoms with Crippen LogP contribution in [0.5, 0.6) is 0 Å². The number of aliphatic hydroxyl groups is 1. The summed E-state index contributed by atoms with van der Waals surface area (Å²) in [4.78, 5) is 24.0. The number of carbonyl (C=O) groups excluding carboxylic acids is 2. The number of fused-ring (bicyclic) bond motifs is 1. The summed E-state index contributed by atoms with van der Waals surface area (Å²) in [7, 11) is 0. The molecule has 0 bridgehead atoms. The summed E-state index contributed by atoms with van der Waals surface area (Å²) < 4.78 is 0. The van der Waals surface area contributed by atoms with Crippen LogP contribution in [0.1, 0.15) is 67.2 Å². The van der Waals surface area contributed by atoms with Crippen molar-refractivity contribution in [3.05, 3.63) is 0 Å². The smallest absolute Gasteiger partial charge is 0.223 e. The normalized spacial score (nSPS) is 39.4. The fraction of sp³-hybridized carbons (Fsp3) is 0.900. The van der Waals surface area contributed by atoms with Crippen LogP contribution in [-0.4, -0.2) is 35.1 Å². The Morgan fingerprint density at radius 1 is 1.16 bits per heavy atom. The second-order valence-electron chi connectivity index (χ2n) is 9.03. The molecule has 5 heteroatoms. The Morgan fingerprint density at radius 2 is 1.76 bits per heavy atom. The molecule has 2 fully saturated rings. The van der Waals surface area contributed by atoms with Gasteiger partial charge in [-0.25, -0.2) is 0 Å². The second-order valence-corrected chi connectivity index (χ2v) is 9.03. The molecule has 7 unspecified atom stereocenters. The molecule has 2 rings (SSSR count). The van der Waals surface area contributed by atoms with Gasteiger partial charge in [-0.15, -0.1) is 0 Å². The summed E-state index contributed by atoms with van der Waals surface area (Å²) in [5.74, 6) is 0.133. The number of carbonyl (C=O) groups is 2. The molecule has 25 heavy (non-hydrogen) atoms. The van der Waals surface area contributed by atoms with E-state index in [-0.39, 0.29) is 53.0 Å². The van der Waals surface area contributed by atoms with E-state index in [1.54, 1.807) is 6.92 Å². The van der Waals surface area contributed by atoms with Gasteiger partial charge in [0.2, 0.25) is 11.8 Å². The van der Waals surface area contributed by atoms with E-state index in [0.29, 0.717) is 0 Å². The van der Waals surface area contributed by atoms with Crippen molar-refractivity contribution < 1.29 is 14.7 Å². The summed E-state index contributed by atoms with van der Waals surface area (Å²) >= 11 is 0. The van der Waals surface area contributed by atoms with Gasteiger partial charge in [0, 0.05) is 24.9 Å². The Labute approximate surface area is 152 Å². The molecule has 5 nitrogen and oxygen atoms in total. The van der Waals surface area contributed by atoms with E-state index in [1.165, 1.54) is 0 Å². The van der Waals surface area contributed by atoms with Gasteiger partial charge in [0.15, 0.2) is 0 Å². The maximum absolute atomic E-state index is 12.5. The van der Waals surface area contributed by atoms with Crippen LogP contribution in [0.4, 0.5) is 0 Å². The first-order chi connectivity index (χ1) is 11.6. The third kappa shape index (κ3) is 4.18. The summed E-state index contributed by atoms with van der Waals surface area (Å²) in [6.45, 7) is 11.8. The van der Waals surface area contributed by atoms with Crippen molar-refractivity contribution in [2.45, 2.75) is 85.4 Å². The van der Waals surface area contributed by atoms with Crippen LogP contribution in [0.2, 0.25) is 0 Å². The quantitative estimate of drug-likeness (QED) is 0.727. The number of aliphatic hydroxyl groups excluding tert-OH is 1. The van der Waals surface area contributed by atoms with Crippen LogP contribution in [0.25, 0.3) is 0 Å². The number of hydrogen-bond donors (Lipinski definition) is 3. The van der Waals surface area contributed by atoms with Crippen LogP contribution in [-0.2, 0) is 9.59 Å². The fourth-order valence-electron chi connectivity index (χ4n) is 5.37. The zero-order valence-electron chi connectivity index (χ0n) is 16.6. The average molecular weight is 353 g/mol. The van der Waals surface area contributed by atoms with Gasteiger partial charge in [-0.3, -0.25) is 9.59 Å². The van der Waals surface area contributed by atoms with Gasteiger partial charge in [0.05, 0.1) is 6.10 Å². The number of hydrogen-bond acceptors (Lipinski definition) is 3. The summed E-state index contributed by atoms with van der Waals surface area (Å²) in [6, 6.07) is 0.225. The topological polar surface area (TPSA) is 78.4 Å². The molecule has 3 N–H and O–H groups in total. The maximum atomic E-state index is 12.5. The minimum Gasteiger partial charge on any atom is -0.392 e. The number of nitrogens with one attached hydrogen (secondary N) is 2. The molecule has 0 spiro atoms. The van der Waals surface area contributed by atoms with Crippen molar-refractivity contribution in [1.29, 1.82) is 0 Å². The lowest BCUT2D eigenvalue weighted by Crippen LogP contribution is -2.58. The molecule has 0 saturated heterocycles. The van der Waals surface area contributed by atoms with Gasteiger partial charge < -0.3 is 15.7 Å². The largest absolute Gasteiger partial charge is 0.392 e. The van der Waals surface area contributed by atoms with E-state index in [2.05, 4.69) is 24.5 Å². The van der Waals surface area contributed by atoms with Gasteiger partial charge in [-0.05, 0) is 62.7 Å². The minimum absolute atomic E-state index is 0.00742. The molecule has 0 aromatic heterocycles. The predicted molar refractivity (Wildman–Crippen MR) is 98.8 cm³/mol. The van der Waals surface area contributed by atoms with Crippen LogP contribution in [0, 0.1) is 29.1 Å². The first kappa shape index (κ1) is 20.2. The minimum atomic E-state index is -0.502. The van der Waals surface area contributed by atoms with Crippen LogP contribution in [0.3, 0.4) is 0 Å². The second kappa shape index (κ2) is 7.65. The molecule has 2 amide bonds. The van der Waals surface area contributed by atoms with Gasteiger partial charge in [-0.2, -0.15) is 0 Å².